The fraction of sp³-hybridized carbons (Fsp3) is 0.150. The van der Waals surface area contributed by atoms with Gasteiger partial charge in [0.05, 0.1) is 28.1 Å². The van der Waals surface area contributed by atoms with E-state index < -0.39 is 0 Å². The lowest BCUT2D eigenvalue weighted by Gasteiger charge is -2.02. The van der Waals surface area contributed by atoms with Crippen molar-refractivity contribution in [3.05, 3.63) is 72.3 Å². The number of hydrogen-bond donors (Lipinski definition) is 0. The molecule has 0 spiro atoms. The van der Waals surface area contributed by atoms with Crippen molar-refractivity contribution < 1.29 is 0 Å². The minimum absolute atomic E-state index is 0.806. The zero-order chi connectivity index (χ0) is 16.8. The summed E-state index contributed by atoms with van der Waals surface area (Å²) in [6, 6.07) is 9.91. The van der Waals surface area contributed by atoms with E-state index in [1.807, 2.05) is 66.5 Å². The Morgan fingerprint density at radius 3 is 2.75 bits per heavy atom. The van der Waals surface area contributed by atoms with Crippen LogP contribution in [0, 0.1) is 12.3 Å². The predicted octanol–water partition coefficient (Wildman–Crippen LogP) is 3.66. The molecule has 4 heteroatoms. The highest BCUT2D eigenvalue weighted by Crippen LogP contribution is 2.11. The molecule has 1 aromatic carbocycles. The van der Waals surface area contributed by atoms with E-state index in [9.17, 15) is 0 Å². The molecule has 3 rings (SSSR count). The second-order valence-corrected chi connectivity index (χ2v) is 5.32. The SMILES string of the molecule is C#C/C=C\C(=C/C)n1ccc(CCc2cnc3ccccc3n2)n1. The van der Waals surface area contributed by atoms with Crippen LogP contribution in [0.25, 0.3) is 16.7 Å². The van der Waals surface area contributed by atoms with Gasteiger partial charge >= 0.3 is 0 Å². The molecule has 0 atom stereocenters. The summed E-state index contributed by atoms with van der Waals surface area (Å²) in [4.78, 5) is 9.10. The summed E-state index contributed by atoms with van der Waals surface area (Å²) in [5.74, 6) is 2.49. The van der Waals surface area contributed by atoms with E-state index in [0.29, 0.717) is 0 Å². The lowest BCUT2D eigenvalue weighted by atomic mass is 10.2. The average molecular weight is 314 g/mol. The van der Waals surface area contributed by atoms with Crippen molar-refractivity contribution in [2.24, 2.45) is 0 Å². The first-order valence-corrected chi connectivity index (χ1v) is 7.84. The molecule has 0 amide bonds. The number of para-hydroxylation sites is 2. The number of fused-ring (bicyclic) bond motifs is 1. The number of aryl methyl sites for hydroxylation is 2. The average Bonchev–Trinajstić information content (AvgIpc) is 3.09. The molecule has 0 fully saturated rings. The third-order valence-electron chi connectivity index (χ3n) is 3.69. The van der Waals surface area contributed by atoms with Gasteiger partial charge in [0.25, 0.3) is 0 Å². The predicted molar refractivity (Wildman–Crippen MR) is 97.1 cm³/mol. The summed E-state index contributed by atoms with van der Waals surface area (Å²) in [7, 11) is 0. The molecule has 4 nitrogen and oxygen atoms in total. The van der Waals surface area contributed by atoms with Crippen LogP contribution in [0.3, 0.4) is 0 Å². The molecule has 118 valence electrons. The van der Waals surface area contributed by atoms with E-state index in [4.69, 9.17) is 6.42 Å². The second-order valence-electron chi connectivity index (χ2n) is 5.32. The molecule has 24 heavy (non-hydrogen) atoms. The van der Waals surface area contributed by atoms with E-state index in [1.165, 1.54) is 0 Å². The van der Waals surface area contributed by atoms with E-state index in [2.05, 4.69) is 21.0 Å². The van der Waals surface area contributed by atoms with E-state index >= 15 is 0 Å². The number of benzene rings is 1. The normalized spacial score (nSPS) is 11.9. The minimum Gasteiger partial charge on any atom is -0.253 e. The van der Waals surface area contributed by atoms with Crippen molar-refractivity contribution in [3.63, 3.8) is 0 Å². The Morgan fingerprint density at radius 2 is 1.96 bits per heavy atom. The molecule has 0 radical (unpaired) electrons. The molecule has 0 saturated carbocycles. The van der Waals surface area contributed by atoms with Gasteiger partial charge in [-0.15, -0.1) is 6.42 Å². The molecule has 0 saturated heterocycles. The number of hydrogen-bond acceptors (Lipinski definition) is 3. The smallest absolute Gasteiger partial charge is 0.0890 e. The molecule has 2 aromatic heterocycles. The molecule has 0 bridgehead atoms. The van der Waals surface area contributed by atoms with Gasteiger partial charge in [-0.3, -0.25) is 4.98 Å². The Kier molecular flexibility index (Phi) is 4.83. The van der Waals surface area contributed by atoms with Crippen LogP contribution in [-0.2, 0) is 12.8 Å². The largest absolute Gasteiger partial charge is 0.253 e. The molecule has 0 aliphatic carbocycles. The van der Waals surface area contributed by atoms with Gasteiger partial charge in [-0.2, -0.15) is 5.10 Å². The van der Waals surface area contributed by atoms with Crippen LogP contribution in [0.4, 0.5) is 0 Å². The van der Waals surface area contributed by atoms with Crippen LogP contribution in [-0.4, -0.2) is 19.7 Å². The maximum atomic E-state index is 5.26. The molecule has 3 aromatic rings. The Morgan fingerprint density at radius 1 is 1.17 bits per heavy atom. The Bertz CT molecular complexity index is 941. The highest BCUT2D eigenvalue weighted by atomic mass is 15.3. The zero-order valence-corrected chi connectivity index (χ0v) is 13.6. The van der Waals surface area contributed by atoms with Crippen molar-refractivity contribution in [3.8, 4) is 12.3 Å². The van der Waals surface area contributed by atoms with Crippen molar-refractivity contribution in [2.45, 2.75) is 19.8 Å². The van der Waals surface area contributed by atoms with E-state index in [-0.39, 0.29) is 0 Å². The lowest BCUT2D eigenvalue weighted by molar-refractivity contribution is 0.821. The quantitative estimate of drug-likeness (QED) is 0.533. The lowest BCUT2D eigenvalue weighted by Crippen LogP contribution is -1.99. The molecular weight excluding hydrogens is 296 g/mol. The van der Waals surface area contributed by atoms with E-state index in [0.717, 1.165) is 41.0 Å². The number of terminal acetylenes is 1. The number of rotatable bonds is 5. The summed E-state index contributed by atoms with van der Waals surface area (Å²) in [5.41, 5.74) is 4.78. The molecule has 2 heterocycles. The fourth-order valence-corrected chi connectivity index (χ4v) is 2.45. The van der Waals surface area contributed by atoms with Crippen LogP contribution in [0.15, 0.2) is 61.0 Å². The van der Waals surface area contributed by atoms with Crippen molar-refractivity contribution in [2.75, 3.05) is 0 Å². The van der Waals surface area contributed by atoms with Crippen LogP contribution in [0.5, 0.6) is 0 Å². The van der Waals surface area contributed by atoms with Crippen molar-refractivity contribution in [1.82, 2.24) is 19.7 Å². The zero-order valence-electron chi connectivity index (χ0n) is 13.6. The molecular formula is C20H18N4. The van der Waals surface area contributed by atoms with Gasteiger partial charge in [-0.05, 0) is 50.1 Å². The molecule has 0 N–H and O–H groups in total. The van der Waals surface area contributed by atoms with Gasteiger partial charge in [0, 0.05) is 12.4 Å². The molecule has 0 aliphatic heterocycles. The van der Waals surface area contributed by atoms with Gasteiger partial charge in [-0.25, -0.2) is 9.67 Å². The van der Waals surface area contributed by atoms with Gasteiger partial charge < -0.3 is 0 Å². The maximum absolute atomic E-state index is 5.26. The van der Waals surface area contributed by atoms with Gasteiger partial charge in [0.15, 0.2) is 0 Å². The summed E-state index contributed by atoms with van der Waals surface area (Å²) in [6.45, 7) is 1.96. The first kappa shape index (κ1) is 15.7. The summed E-state index contributed by atoms with van der Waals surface area (Å²) in [5, 5.41) is 4.59. The fourth-order valence-electron chi connectivity index (χ4n) is 2.45. The highest BCUT2D eigenvalue weighted by Gasteiger charge is 2.04. The third-order valence-corrected chi connectivity index (χ3v) is 3.69. The maximum Gasteiger partial charge on any atom is 0.0890 e. The van der Waals surface area contributed by atoms with Crippen LogP contribution in [0.2, 0.25) is 0 Å². The minimum atomic E-state index is 0.806. The standard InChI is InChI=1S/C20H18N4/c1-3-5-8-18(4-2)24-14-13-16(23-24)11-12-17-15-21-19-9-6-7-10-20(19)22-17/h1,4-10,13-15H,11-12H2,2H3/b8-5-,18-4+. The van der Waals surface area contributed by atoms with Crippen LogP contribution < -0.4 is 0 Å². The summed E-state index contributed by atoms with van der Waals surface area (Å²) < 4.78 is 1.83. The number of nitrogens with zero attached hydrogens (tertiary/aromatic N) is 4. The van der Waals surface area contributed by atoms with Crippen molar-refractivity contribution >= 4 is 16.7 Å². The van der Waals surface area contributed by atoms with Crippen LogP contribution >= 0.6 is 0 Å². The topological polar surface area (TPSA) is 43.6 Å². The first-order valence-electron chi connectivity index (χ1n) is 7.84. The first-order chi connectivity index (χ1) is 11.8. The van der Waals surface area contributed by atoms with Crippen LogP contribution in [0.1, 0.15) is 18.3 Å². The number of aromatic nitrogens is 4. The highest BCUT2D eigenvalue weighted by molar-refractivity contribution is 5.73. The van der Waals surface area contributed by atoms with E-state index in [1.54, 1.807) is 6.08 Å². The third kappa shape index (κ3) is 3.58. The Balaban J connectivity index is 1.70. The van der Waals surface area contributed by atoms with Gasteiger partial charge in [0.2, 0.25) is 0 Å². The molecule has 0 unspecified atom stereocenters. The number of allylic oxidation sites excluding steroid dienone is 4. The monoisotopic (exact) mass is 314 g/mol. The van der Waals surface area contributed by atoms with Crippen molar-refractivity contribution in [1.29, 1.82) is 0 Å². The summed E-state index contributed by atoms with van der Waals surface area (Å²) in [6.07, 6.45) is 16.2. The Labute approximate surface area is 141 Å². The van der Waals surface area contributed by atoms with Gasteiger partial charge in [-0.1, -0.05) is 24.1 Å². The Hall–Kier alpha value is -3.19. The molecule has 0 aliphatic rings. The van der Waals surface area contributed by atoms with Gasteiger partial charge in [0.1, 0.15) is 0 Å². The second kappa shape index (κ2) is 7.38. The summed E-state index contributed by atoms with van der Waals surface area (Å²) >= 11 is 0.